The minimum atomic E-state index is -0.137. The highest BCUT2D eigenvalue weighted by atomic mass is 16.5. The van der Waals surface area contributed by atoms with Gasteiger partial charge in [-0.2, -0.15) is 0 Å². The number of rotatable bonds is 7. The Bertz CT molecular complexity index is 678. The number of amides is 1. The Morgan fingerprint density at radius 2 is 1.67 bits per heavy atom. The summed E-state index contributed by atoms with van der Waals surface area (Å²) in [5, 5.41) is 0. The van der Waals surface area contributed by atoms with E-state index in [1.807, 2.05) is 16.8 Å². The van der Waals surface area contributed by atoms with Crippen molar-refractivity contribution in [2.45, 2.75) is 18.3 Å². The first-order valence-electron chi connectivity index (χ1n) is 9.72. The van der Waals surface area contributed by atoms with Gasteiger partial charge >= 0.3 is 0 Å². The van der Waals surface area contributed by atoms with Crippen molar-refractivity contribution in [1.82, 2.24) is 9.80 Å². The first-order valence-corrected chi connectivity index (χ1v) is 9.72. The third kappa shape index (κ3) is 4.57. The quantitative estimate of drug-likeness (QED) is 0.755. The maximum absolute atomic E-state index is 13.0. The van der Waals surface area contributed by atoms with E-state index in [2.05, 4.69) is 60.7 Å². The van der Waals surface area contributed by atoms with Gasteiger partial charge in [-0.1, -0.05) is 60.7 Å². The fourth-order valence-corrected chi connectivity index (χ4v) is 4.08. The average molecular weight is 367 g/mol. The minimum Gasteiger partial charge on any atom is -0.383 e. The van der Waals surface area contributed by atoms with Crippen LogP contribution in [0.4, 0.5) is 0 Å². The standard InChI is InChI=1S/C23H30N2O2/c1-24(16-17-27-2)18-22(26)25-15-9-14-23(19-25,20-10-5-3-6-11-20)21-12-7-4-8-13-21/h3-8,10-13H,9,14-19H2,1-2H3. The van der Waals surface area contributed by atoms with Gasteiger partial charge in [-0.05, 0) is 31.0 Å². The van der Waals surface area contributed by atoms with Crippen molar-refractivity contribution in [2.24, 2.45) is 0 Å². The molecule has 0 bridgehead atoms. The molecule has 144 valence electrons. The van der Waals surface area contributed by atoms with Gasteiger partial charge in [0.05, 0.1) is 13.2 Å². The molecule has 1 amide bonds. The molecular formula is C23H30N2O2. The molecular weight excluding hydrogens is 336 g/mol. The van der Waals surface area contributed by atoms with Crippen LogP contribution >= 0.6 is 0 Å². The monoisotopic (exact) mass is 366 g/mol. The summed E-state index contributed by atoms with van der Waals surface area (Å²) in [4.78, 5) is 17.0. The Kier molecular flexibility index (Phi) is 6.64. The van der Waals surface area contributed by atoms with Gasteiger partial charge in [-0.15, -0.1) is 0 Å². The van der Waals surface area contributed by atoms with E-state index in [-0.39, 0.29) is 11.3 Å². The molecule has 0 radical (unpaired) electrons. The third-order valence-electron chi connectivity index (χ3n) is 5.58. The second-order valence-electron chi connectivity index (χ2n) is 7.46. The van der Waals surface area contributed by atoms with Crippen molar-refractivity contribution < 1.29 is 9.53 Å². The number of piperidine rings is 1. The Hall–Kier alpha value is -2.17. The van der Waals surface area contributed by atoms with Crippen LogP contribution in [-0.4, -0.2) is 62.7 Å². The normalized spacial score (nSPS) is 16.5. The second-order valence-corrected chi connectivity index (χ2v) is 7.46. The lowest BCUT2D eigenvalue weighted by molar-refractivity contribution is -0.134. The van der Waals surface area contributed by atoms with E-state index < -0.39 is 0 Å². The van der Waals surface area contributed by atoms with Gasteiger partial charge in [-0.25, -0.2) is 0 Å². The van der Waals surface area contributed by atoms with E-state index in [1.165, 1.54) is 11.1 Å². The number of nitrogens with zero attached hydrogens (tertiary/aromatic N) is 2. The van der Waals surface area contributed by atoms with E-state index in [4.69, 9.17) is 4.74 Å². The van der Waals surface area contributed by atoms with Gasteiger partial charge in [-0.3, -0.25) is 9.69 Å². The molecule has 0 saturated carbocycles. The molecule has 1 aliphatic heterocycles. The van der Waals surface area contributed by atoms with E-state index in [9.17, 15) is 4.79 Å². The van der Waals surface area contributed by atoms with Crippen molar-refractivity contribution in [2.75, 3.05) is 46.9 Å². The van der Waals surface area contributed by atoms with Gasteiger partial charge in [0, 0.05) is 32.2 Å². The highest BCUT2D eigenvalue weighted by Gasteiger charge is 2.40. The van der Waals surface area contributed by atoms with Crippen LogP contribution in [0.5, 0.6) is 0 Å². The summed E-state index contributed by atoms with van der Waals surface area (Å²) in [5.74, 6) is 0.199. The largest absolute Gasteiger partial charge is 0.383 e. The van der Waals surface area contributed by atoms with E-state index in [0.29, 0.717) is 13.2 Å². The minimum absolute atomic E-state index is 0.137. The number of likely N-dealkylation sites (tertiary alicyclic amines) is 1. The average Bonchev–Trinajstić information content (AvgIpc) is 2.73. The molecule has 2 aromatic carbocycles. The van der Waals surface area contributed by atoms with Crippen LogP contribution in [-0.2, 0) is 14.9 Å². The molecule has 0 N–H and O–H groups in total. The highest BCUT2D eigenvalue weighted by molar-refractivity contribution is 5.78. The molecule has 3 rings (SSSR count). The topological polar surface area (TPSA) is 32.8 Å². The molecule has 2 aromatic rings. The molecule has 0 atom stereocenters. The number of ether oxygens (including phenoxy) is 1. The summed E-state index contributed by atoms with van der Waals surface area (Å²) in [6, 6.07) is 21.3. The molecule has 0 aliphatic carbocycles. The van der Waals surface area contributed by atoms with Gasteiger partial charge < -0.3 is 9.64 Å². The molecule has 0 aromatic heterocycles. The zero-order chi connectivity index (χ0) is 19.1. The van der Waals surface area contributed by atoms with Crippen LogP contribution in [0.3, 0.4) is 0 Å². The second kappa shape index (κ2) is 9.16. The maximum atomic E-state index is 13.0. The molecule has 27 heavy (non-hydrogen) atoms. The van der Waals surface area contributed by atoms with Crippen LogP contribution in [0.15, 0.2) is 60.7 Å². The van der Waals surface area contributed by atoms with Gasteiger partial charge in [0.1, 0.15) is 0 Å². The molecule has 1 heterocycles. The summed E-state index contributed by atoms with van der Waals surface area (Å²) in [7, 11) is 3.66. The fraction of sp³-hybridized carbons (Fsp3) is 0.435. The van der Waals surface area contributed by atoms with Gasteiger partial charge in [0.25, 0.3) is 0 Å². The smallest absolute Gasteiger partial charge is 0.236 e. The zero-order valence-corrected chi connectivity index (χ0v) is 16.4. The van der Waals surface area contributed by atoms with Crippen molar-refractivity contribution >= 4 is 5.91 Å². The van der Waals surface area contributed by atoms with Crippen molar-refractivity contribution in [3.8, 4) is 0 Å². The van der Waals surface area contributed by atoms with Crippen molar-refractivity contribution in [1.29, 1.82) is 0 Å². The number of carbonyl (C=O) groups excluding carboxylic acids is 1. The maximum Gasteiger partial charge on any atom is 0.236 e. The van der Waals surface area contributed by atoms with Crippen molar-refractivity contribution in [3.05, 3.63) is 71.8 Å². The molecule has 0 unspecified atom stereocenters. The van der Waals surface area contributed by atoms with Crippen molar-refractivity contribution in [3.63, 3.8) is 0 Å². The summed E-state index contributed by atoms with van der Waals surface area (Å²) in [5.41, 5.74) is 2.45. The predicted octanol–water partition coefficient (Wildman–Crippen LogP) is 3.17. The van der Waals surface area contributed by atoms with Crippen LogP contribution in [0.1, 0.15) is 24.0 Å². The molecule has 0 spiro atoms. The SMILES string of the molecule is COCCN(C)CC(=O)N1CCCC(c2ccccc2)(c2ccccc2)C1. The van der Waals surface area contributed by atoms with Crippen LogP contribution < -0.4 is 0 Å². The number of likely N-dealkylation sites (N-methyl/N-ethyl adjacent to an activating group) is 1. The lowest BCUT2D eigenvalue weighted by Crippen LogP contribution is -2.51. The fourth-order valence-electron chi connectivity index (χ4n) is 4.08. The Morgan fingerprint density at radius 1 is 1.07 bits per heavy atom. The number of hydrogen-bond acceptors (Lipinski definition) is 3. The summed E-state index contributed by atoms with van der Waals surface area (Å²) < 4.78 is 5.12. The summed E-state index contributed by atoms with van der Waals surface area (Å²) in [6.45, 7) is 3.40. The lowest BCUT2D eigenvalue weighted by atomic mass is 9.69. The number of benzene rings is 2. The Morgan fingerprint density at radius 3 is 2.22 bits per heavy atom. The lowest BCUT2D eigenvalue weighted by Gasteiger charge is -2.44. The summed E-state index contributed by atoms with van der Waals surface area (Å²) >= 11 is 0. The van der Waals surface area contributed by atoms with Gasteiger partial charge in [0.15, 0.2) is 0 Å². The molecule has 1 fully saturated rings. The molecule has 4 heteroatoms. The molecule has 4 nitrogen and oxygen atoms in total. The van der Waals surface area contributed by atoms with Crippen LogP contribution in [0.2, 0.25) is 0 Å². The highest BCUT2D eigenvalue weighted by Crippen LogP contribution is 2.40. The summed E-state index contributed by atoms with van der Waals surface area (Å²) in [6.07, 6.45) is 2.07. The number of carbonyl (C=O) groups is 1. The van der Waals surface area contributed by atoms with E-state index in [0.717, 1.165) is 32.5 Å². The van der Waals surface area contributed by atoms with Crippen LogP contribution in [0, 0.1) is 0 Å². The third-order valence-corrected chi connectivity index (χ3v) is 5.58. The Labute approximate surface area is 162 Å². The first-order chi connectivity index (χ1) is 13.2. The number of hydrogen-bond donors (Lipinski definition) is 0. The van der Waals surface area contributed by atoms with Crippen LogP contribution in [0.25, 0.3) is 0 Å². The van der Waals surface area contributed by atoms with E-state index in [1.54, 1.807) is 7.11 Å². The Balaban J connectivity index is 1.84. The molecule has 1 aliphatic rings. The first kappa shape index (κ1) is 19.6. The van der Waals surface area contributed by atoms with E-state index >= 15 is 0 Å². The number of methoxy groups -OCH3 is 1. The zero-order valence-electron chi connectivity index (χ0n) is 16.4. The predicted molar refractivity (Wildman–Crippen MR) is 109 cm³/mol. The van der Waals surface area contributed by atoms with Gasteiger partial charge in [0.2, 0.25) is 5.91 Å². The molecule has 1 saturated heterocycles.